The quantitative estimate of drug-likeness (QED) is 0.768. The van der Waals surface area contributed by atoms with Gasteiger partial charge in [-0.3, -0.25) is 14.4 Å². The molecule has 26 heavy (non-hydrogen) atoms. The third kappa shape index (κ3) is 2.68. The predicted molar refractivity (Wildman–Crippen MR) is 99.9 cm³/mol. The Kier molecular flexibility index (Phi) is 4.42. The number of nitrogens with zero attached hydrogens (tertiary/aromatic N) is 2. The van der Waals surface area contributed by atoms with E-state index in [4.69, 9.17) is 16.4 Å². The van der Waals surface area contributed by atoms with Crippen LogP contribution in [0.1, 0.15) is 19.8 Å². The highest BCUT2D eigenvalue weighted by Gasteiger charge is 2.59. The Bertz CT molecular complexity index is 842. The Balaban J connectivity index is 1.69. The molecule has 0 radical (unpaired) electrons. The highest BCUT2D eigenvalue weighted by molar-refractivity contribution is 6.31. The van der Waals surface area contributed by atoms with Crippen molar-refractivity contribution in [1.29, 1.82) is 0 Å². The summed E-state index contributed by atoms with van der Waals surface area (Å²) in [5, 5.41) is 2.22. The lowest BCUT2D eigenvalue weighted by Crippen LogP contribution is -2.40. The van der Waals surface area contributed by atoms with E-state index < -0.39 is 12.0 Å². The van der Waals surface area contributed by atoms with E-state index in [-0.39, 0.29) is 17.9 Å². The maximum Gasteiger partial charge on any atom is 0.266 e. The lowest BCUT2D eigenvalue weighted by Gasteiger charge is -2.28. The molecular formula is C20H19ClN2O3. The zero-order valence-corrected chi connectivity index (χ0v) is 15.1. The second-order valence-corrected chi connectivity index (χ2v) is 7.00. The summed E-state index contributed by atoms with van der Waals surface area (Å²) in [6.07, 6.45) is 0.857. The van der Waals surface area contributed by atoms with Gasteiger partial charge in [0.1, 0.15) is 0 Å². The minimum Gasteiger partial charge on any atom is -0.273 e. The van der Waals surface area contributed by atoms with Gasteiger partial charge in [0.2, 0.25) is 5.91 Å². The zero-order valence-electron chi connectivity index (χ0n) is 14.3. The maximum absolute atomic E-state index is 13.1. The second-order valence-electron chi connectivity index (χ2n) is 6.56. The number of hydrogen-bond acceptors (Lipinski definition) is 4. The lowest BCUT2D eigenvalue weighted by molar-refractivity contribution is -0.126. The van der Waals surface area contributed by atoms with Crippen LogP contribution in [0.2, 0.25) is 5.02 Å². The average molecular weight is 371 g/mol. The fourth-order valence-corrected chi connectivity index (χ4v) is 3.97. The fourth-order valence-electron chi connectivity index (χ4n) is 3.78. The summed E-state index contributed by atoms with van der Waals surface area (Å²) in [6.45, 7) is 2.06. The Morgan fingerprint density at radius 3 is 2.42 bits per heavy atom. The number of benzene rings is 2. The summed E-state index contributed by atoms with van der Waals surface area (Å²) in [6, 6.07) is 16.2. The Morgan fingerprint density at radius 1 is 1.00 bits per heavy atom. The van der Waals surface area contributed by atoms with Gasteiger partial charge in [0.05, 0.1) is 23.3 Å². The molecule has 2 saturated heterocycles. The molecule has 0 aliphatic carbocycles. The third-order valence-corrected chi connectivity index (χ3v) is 5.13. The third-order valence-electron chi connectivity index (χ3n) is 4.90. The average Bonchev–Trinajstić information content (AvgIpc) is 3.13. The van der Waals surface area contributed by atoms with Crippen LogP contribution in [0.25, 0.3) is 0 Å². The van der Waals surface area contributed by atoms with Crippen LogP contribution in [0.4, 0.5) is 11.4 Å². The molecule has 0 unspecified atom stereocenters. The summed E-state index contributed by atoms with van der Waals surface area (Å²) in [4.78, 5) is 33.3. The number of hydroxylamine groups is 1. The fraction of sp³-hybridized carbons (Fsp3) is 0.300. The van der Waals surface area contributed by atoms with Crippen molar-refractivity contribution in [2.45, 2.75) is 31.9 Å². The molecule has 6 heteroatoms. The molecule has 4 rings (SSSR count). The van der Waals surface area contributed by atoms with Gasteiger partial charge in [-0.15, -0.1) is 0 Å². The summed E-state index contributed by atoms with van der Waals surface area (Å²) in [7, 11) is 0. The monoisotopic (exact) mass is 370 g/mol. The van der Waals surface area contributed by atoms with Gasteiger partial charge in [0, 0.05) is 5.02 Å². The smallest absolute Gasteiger partial charge is 0.266 e. The van der Waals surface area contributed by atoms with E-state index in [1.807, 2.05) is 30.3 Å². The van der Waals surface area contributed by atoms with Crippen LogP contribution >= 0.6 is 11.6 Å². The molecule has 0 spiro atoms. The van der Waals surface area contributed by atoms with Crippen LogP contribution in [0, 0.1) is 5.92 Å². The Hall–Kier alpha value is -2.37. The molecule has 2 aliphatic rings. The minimum atomic E-state index is -0.793. The highest BCUT2D eigenvalue weighted by atomic mass is 35.5. The van der Waals surface area contributed by atoms with Gasteiger partial charge in [0.25, 0.3) is 5.91 Å². The molecule has 2 amide bonds. The Labute approximate surface area is 157 Å². The number of amides is 2. The van der Waals surface area contributed by atoms with E-state index in [1.54, 1.807) is 29.3 Å². The van der Waals surface area contributed by atoms with Gasteiger partial charge in [-0.25, -0.2) is 9.96 Å². The first-order valence-electron chi connectivity index (χ1n) is 8.76. The SMILES string of the molecule is CCC[C@H]1[C@H]2C(=O)N(c3cccc(Cl)c3)C(=O)[C@@H]2ON1c1ccccc1. The molecule has 3 atom stereocenters. The first-order valence-corrected chi connectivity index (χ1v) is 9.14. The second kappa shape index (κ2) is 6.74. The standard InChI is InChI=1S/C20H19ClN2O3/c1-2-7-16-17-18(26-23(16)14-9-4-3-5-10-14)20(25)22(19(17)24)15-11-6-8-13(21)12-15/h3-6,8-12,16-18H,2,7H2,1H3/t16-,17+,18+/m0/s1. The van der Waals surface area contributed by atoms with E-state index in [1.165, 1.54) is 4.90 Å². The lowest BCUT2D eigenvalue weighted by atomic mass is 9.93. The molecule has 0 aromatic heterocycles. The predicted octanol–water partition coefficient (Wildman–Crippen LogP) is 3.82. The highest BCUT2D eigenvalue weighted by Crippen LogP contribution is 2.41. The van der Waals surface area contributed by atoms with Crippen LogP contribution in [-0.4, -0.2) is 24.0 Å². The molecule has 5 nitrogen and oxygen atoms in total. The number of rotatable bonds is 4. The molecule has 2 fully saturated rings. The van der Waals surface area contributed by atoms with Gasteiger partial charge in [-0.1, -0.05) is 49.2 Å². The molecule has 2 aromatic rings. The largest absolute Gasteiger partial charge is 0.273 e. The van der Waals surface area contributed by atoms with Crippen molar-refractivity contribution in [3.63, 3.8) is 0 Å². The molecule has 134 valence electrons. The van der Waals surface area contributed by atoms with Gasteiger partial charge in [-0.2, -0.15) is 0 Å². The molecule has 2 heterocycles. The maximum atomic E-state index is 13.1. The number of anilines is 2. The van der Waals surface area contributed by atoms with Crippen molar-refractivity contribution < 1.29 is 14.4 Å². The first kappa shape index (κ1) is 17.1. The van der Waals surface area contributed by atoms with Crippen LogP contribution in [-0.2, 0) is 14.4 Å². The number of carbonyl (C=O) groups excluding carboxylic acids is 2. The van der Waals surface area contributed by atoms with Crippen LogP contribution < -0.4 is 9.96 Å². The number of fused-ring (bicyclic) bond motifs is 1. The normalized spacial score (nSPS) is 25.1. The van der Waals surface area contributed by atoms with Gasteiger partial charge >= 0.3 is 0 Å². The molecule has 0 saturated carbocycles. The molecule has 0 N–H and O–H groups in total. The molecule has 0 bridgehead atoms. The summed E-state index contributed by atoms with van der Waals surface area (Å²) < 4.78 is 0. The number of imide groups is 1. The zero-order chi connectivity index (χ0) is 18.3. The van der Waals surface area contributed by atoms with E-state index in [2.05, 4.69) is 6.92 Å². The van der Waals surface area contributed by atoms with Gasteiger partial charge < -0.3 is 0 Å². The van der Waals surface area contributed by atoms with Crippen molar-refractivity contribution in [1.82, 2.24) is 0 Å². The molecular weight excluding hydrogens is 352 g/mol. The summed E-state index contributed by atoms with van der Waals surface area (Å²) in [5.74, 6) is -1.07. The van der Waals surface area contributed by atoms with Crippen molar-refractivity contribution >= 4 is 34.8 Å². The van der Waals surface area contributed by atoms with Gasteiger partial charge in [0.15, 0.2) is 6.10 Å². The van der Waals surface area contributed by atoms with Crippen LogP contribution in [0.3, 0.4) is 0 Å². The summed E-state index contributed by atoms with van der Waals surface area (Å²) >= 11 is 6.03. The van der Waals surface area contributed by atoms with Crippen LogP contribution in [0.5, 0.6) is 0 Å². The topological polar surface area (TPSA) is 49.9 Å². The van der Waals surface area contributed by atoms with Crippen molar-refractivity contribution in [3.8, 4) is 0 Å². The molecule has 2 aromatic carbocycles. The van der Waals surface area contributed by atoms with Crippen molar-refractivity contribution in [2.75, 3.05) is 9.96 Å². The number of carbonyl (C=O) groups is 2. The van der Waals surface area contributed by atoms with E-state index in [0.717, 1.165) is 18.5 Å². The van der Waals surface area contributed by atoms with E-state index in [0.29, 0.717) is 10.7 Å². The van der Waals surface area contributed by atoms with Crippen LogP contribution in [0.15, 0.2) is 54.6 Å². The number of hydrogen-bond donors (Lipinski definition) is 0. The minimum absolute atomic E-state index is 0.173. The van der Waals surface area contributed by atoms with Crippen molar-refractivity contribution in [2.24, 2.45) is 5.92 Å². The van der Waals surface area contributed by atoms with Gasteiger partial charge in [-0.05, 0) is 36.8 Å². The molecule has 2 aliphatic heterocycles. The van der Waals surface area contributed by atoms with Crippen molar-refractivity contribution in [3.05, 3.63) is 59.6 Å². The number of para-hydroxylation sites is 1. The van der Waals surface area contributed by atoms with E-state index in [9.17, 15) is 9.59 Å². The van der Waals surface area contributed by atoms with E-state index >= 15 is 0 Å². The Morgan fingerprint density at radius 2 is 1.73 bits per heavy atom. The number of halogens is 1. The first-order chi connectivity index (χ1) is 12.6. The summed E-state index contributed by atoms with van der Waals surface area (Å²) in [5.41, 5.74) is 1.35.